The van der Waals surface area contributed by atoms with E-state index in [0.717, 1.165) is 0 Å². The summed E-state index contributed by atoms with van der Waals surface area (Å²) in [6, 6.07) is 6.23. The van der Waals surface area contributed by atoms with Gasteiger partial charge in [0.2, 0.25) is 0 Å². The summed E-state index contributed by atoms with van der Waals surface area (Å²) >= 11 is 1.50. The number of esters is 1. The van der Waals surface area contributed by atoms with Gasteiger partial charge in [-0.15, -0.1) is 0 Å². The lowest BCUT2D eigenvalue weighted by atomic mass is 10.2. The van der Waals surface area contributed by atoms with Crippen molar-refractivity contribution < 1.29 is 17.4 Å². The van der Waals surface area contributed by atoms with Crippen LogP contribution in [0.15, 0.2) is 24.3 Å². The second-order valence-electron chi connectivity index (χ2n) is 2.49. The Morgan fingerprint density at radius 2 is 2.07 bits per heavy atom. The molecule has 0 heterocycles. The van der Waals surface area contributed by atoms with E-state index in [1.807, 2.05) is 0 Å². The average molecular weight is 306 g/mol. The molecule has 0 saturated heterocycles. The van der Waals surface area contributed by atoms with Crippen molar-refractivity contribution in [1.29, 1.82) is 0 Å². The molecule has 4 nitrogen and oxygen atoms in total. The third-order valence-corrected chi connectivity index (χ3v) is 1.80. The van der Waals surface area contributed by atoms with Crippen LogP contribution in [0.4, 0.5) is 0 Å². The Morgan fingerprint density at radius 1 is 1.36 bits per heavy atom. The summed E-state index contributed by atoms with van der Waals surface area (Å²) in [5, 5.41) is 0. The van der Waals surface area contributed by atoms with Gasteiger partial charge in [-0.25, -0.2) is 4.79 Å². The summed E-state index contributed by atoms with van der Waals surface area (Å²) in [6.07, 6.45) is 0. The molecule has 5 heteroatoms. The molecule has 0 atom stereocenters. The molecule has 74 valence electrons. The van der Waals surface area contributed by atoms with Gasteiger partial charge < -0.3 is 7.80 Å². The topological polar surface area (TPSA) is 52.6 Å². The minimum atomic E-state index is -0.473. The van der Waals surface area contributed by atoms with Crippen LogP contribution in [0.5, 0.6) is 5.75 Å². The van der Waals surface area contributed by atoms with Gasteiger partial charge in [-0.1, -0.05) is 6.07 Å². The molecular formula is C9H7IO4. The number of carbonyl (C=O) groups is 2. The van der Waals surface area contributed by atoms with Crippen LogP contribution in [0.3, 0.4) is 0 Å². The normalized spacial score (nSPS) is 9.29. The smallest absolute Gasteiger partial charge is 0.347 e. The highest BCUT2D eigenvalue weighted by atomic mass is 127. The van der Waals surface area contributed by atoms with Gasteiger partial charge in [0, 0.05) is 6.92 Å². The largest absolute Gasteiger partial charge is 0.427 e. The van der Waals surface area contributed by atoms with E-state index < -0.39 is 11.9 Å². The molecule has 0 amide bonds. The highest BCUT2D eigenvalue weighted by Crippen LogP contribution is 2.14. The van der Waals surface area contributed by atoms with E-state index >= 15 is 0 Å². The van der Waals surface area contributed by atoms with Crippen molar-refractivity contribution in [3.05, 3.63) is 29.8 Å². The second-order valence-corrected chi connectivity index (χ2v) is 2.93. The molecule has 0 saturated carbocycles. The molecule has 14 heavy (non-hydrogen) atoms. The Morgan fingerprint density at radius 3 is 2.64 bits per heavy atom. The van der Waals surface area contributed by atoms with Crippen molar-refractivity contribution in [2.45, 2.75) is 6.92 Å². The highest BCUT2D eigenvalue weighted by molar-refractivity contribution is 14.1. The van der Waals surface area contributed by atoms with Gasteiger partial charge in [-0.2, -0.15) is 0 Å². The maximum atomic E-state index is 11.1. The van der Waals surface area contributed by atoms with E-state index in [0.29, 0.717) is 11.3 Å². The van der Waals surface area contributed by atoms with E-state index in [1.165, 1.54) is 36.0 Å². The summed E-state index contributed by atoms with van der Waals surface area (Å²) in [5.41, 5.74) is 0.346. The van der Waals surface area contributed by atoms with E-state index in [4.69, 9.17) is 4.74 Å². The van der Waals surface area contributed by atoms with Crippen LogP contribution in [0, 0.1) is 0 Å². The number of carbonyl (C=O) groups excluding carboxylic acids is 2. The first-order chi connectivity index (χ1) is 6.63. The maximum Gasteiger partial charge on any atom is 0.347 e. The van der Waals surface area contributed by atoms with E-state index in [1.54, 1.807) is 18.2 Å². The molecule has 1 aromatic rings. The first-order valence-electron chi connectivity index (χ1n) is 3.75. The van der Waals surface area contributed by atoms with Gasteiger partial charge >= 0.3 is 11.9 Å². The molecule has 0 bridgehead atoms. The third-order valence-electron chi connectivity index (χ3n) is 1.40. The van der Waals surface area contributed by atoms with Gasteiger partial charge in [0.15, 0.2) is 23.0 Å². The van der Waals surface area contributed by atoms with Crippen LogP contribution >= 0.6 is 23.0 Å². The molecule has 0 aliphatic carbocycles. The minimum Gasteiger partial charge on any atom is -0.427 e. The molecule has 0 aliphatic heterocycles. The van der Waals surface area contributed by atoms with Crippen molar-refractivity contribution in [2.24, 2.45) is 0 Å². The summed E-state index contributed by atoms with van der Waals surface area (Å²) in [7, 11) is 0. The molecule has 0 N–H and O–H groups in total. The number of ether oxygens (including phenoxy) is 1. The molecule has 1 aromatic carbocycles. The number of rotatable bonds is 2. The number of halogens is 1. The van der Waals surface area contributed by atoms with E-state index in [9.17, 15) is 9.59 Å². The van der Waals surface area contributed by atoms with Crippen molar-refractivity contribution in [3.8, 4) is 5.75 Å². The Labute approximate surface area is 94.9 Å². The van der Waals surface area contributed by atoms with Gasteiger partial charge in [-0.3, -0.25) is 4.79 Å². The fourth-order valence-corrected chi connectivity index (χ4v) is 1.15. The number of benzene rings is 1. The monoisotopic (exact) mass is 306 g/mol. The number of hydrogen-bond acceptors (Lipinski definition) is 4. The molecule has 0 unspecified atom stereocenters. The highest BCUT2D eigenvalue weighted by Gasteiger charge is 2.07. The van der Waals surface area contributed by atoms with Gasteiger partial charge in [0.25, 0.3) is 0 Å². The molecule has 0 aliphatic rings. The third kappa shape index (κ3) is 2.99. The summed E-state index contributed by atoms with van der Waals surface area (Å²) in [4.78, 5) is 21.7. The standard InChI is InChI=1S/C9H7IO4/c1-6(11)13-8-4-2-3-7(5-8)9(12)14-10/h2-5H,1H3. The van der Waals surface area contributed by atoms with Crippen molar-refractivity contribution in [3.63, 3.8) is 0 Å². The summed E-state index contributed by atoms with van der Waals surface area (Å²) < 4.78 is 9.29. The Bertz CT molecular complexity index is 362. The molecule has 0 spiro atoms. The van der Waals surface area contributed by atoms with Gasteiger partial charge in [-0.05, 0) is 18.2 Å². The second kappa shape index (κ2) is 4.94. The Kier molecular flexibility index (Phi) is 3.87. The van der Waals surface area contributed by atoms with Crippen molar-refractivity contribution >= 4 is 34.9 Å². The van der Waals surface area contributed by atoms with Crippen LogP contribution in [-0.4, -0.2) is 11.9 Å². The molecular weight excluding hydrogens is 299 g/mol. The van der Waals surface area contributed by atoms with Crippen LogP contribution in [-0.2, 0) is 7.86 Å². The zero-order valence-electron chi connectivity index (χ0n) is 7.32. The minimum absolute atomic E-state index is 0.330. The van der Waals surface area contributed by atoms with Crippen LogP contribution < -0.4 is 4.74 Å². The molecule has 0 aromatic heterocycles. The first kappa shape index (κ1) is 11.0. The lowest BCUT2D eigenvalue weighted by molar-refractivity contribution is -0.131. The number of hydrogen-bond donors (Lipinski definition) is 0. The first-order valence-corrected chi connectivity index (χ1v) is 4.63. The van der Waals surface area contributed by atoms with Crippen molar-refractivity contribution in [2.75, 3.05) is 0 Å². The summed E-state index contributed by atoms with van der Waals surface area (Å²) in [5.74, 6) is -0.568. The van der Waals surface area contributed by atoms with Crippen LogP contribution in [0.2, 0.25) is 0 Å². The zero-order valence-corrected chi connectivity index (χ0v) is 9.48. The molecule has 1 rings (SSSR count). The summed E-state index contributed by atoms with van der Waals surface area (Å²) in [6.45, 7) is 1.29. The molecule has 0 radical (unpaired) electrons. The predicted molar refractivity (Wildman–Crippen MR) is 57.2 cm³/mol. The Balaban J connectivity index is 2.89. The van der Waals surface area contributed by atoms with E-state index in [-0.39, 0.29) is 0 Å². The van der Waals surface area contributed by atoms with Crippen LogP contribution in [0.25, 0.3) is 0 Å². The SMILES string of the molecule is CC(=O)Oc1cccc(C(=O)OI)c1. The fraction of sp³-hybridized carbons (Fsp3) is 0.111. The van der Waals surface area contributed by atoms with Gasteiger partial charge in [0.1, 0.15) is 5.75 Å². The fourth-order valence-electron chi connectivity index (χ4n) is 0.897. The molecule has 0 fully saturated rings. The lowest BCUT2D eigenvalue weighted by Gasteiger charge is -2.02. The van der Waals surface area contributed by atoms with Gasteiger partial charge in [0.05, 0.1) is 5.56 Å². The van der Waals surface area contributed by atoms with E-state index in [2.05, 4.69) is 3.07 Å². The zero-order chi connectivity index (χ0) is 10.6. The van der Waals surface area contributed by atoms with Crippen molar-refractivity contribution in [1.82, 2.24) is 0 Å². The average Bonchev–Trinajstić information content (AvgIpc) is 2.16. The lowest BCUT2D eigenvalue weighted by Crippen LogP contribution is -2.03. The predicted octanol–water partition coefficient (Wildman–Crippen LogP) is 2.12. The van der Waals surface area contributed by atoms with Crippen LogP contribution in [0.1, 0.15) is 17.3 Å². The Hall–Kier alpha value is -1.11. The maximum absolute atomic E-state index is 11.1. The quantitative estimate of drug-likeness (QED) is 0.477.